The fourth-order valence-corrected chi connectivity index (χ4v) is 3.47. The molecule has 0 saturated carbocycles. The molecule has 8 heteroatoms. The molecule has 0 spiro atoms. The van der Waals surface area contributed by atoms with Crippen molar-refractivity contribution >= 4 is 31.9 Å². The summed E-state index contributed by atoms with van der Waals surface area (Å²) in [6.07, 6.45) is 1.72. The fraction of sp³-hybridized carbons (Fsp3) is 0.267. The van der Waals surface area contributed by atoms with E-state index >= 15 is 0 Å². The zero-order chi connectivity index (χ0) is 17.9. The zero-order valence-corrected chi connectivity index (χ0v) is 15.8. The van der Waals surface area contributed by atoms with Crippen LogP contribution in [0.3, 0.4) is 0 Å². The number of nitrogens with two attached hydrogens (primary N) is 2. The summed E-state index contributed by atoms with van der Waals surface area (Å²) in [6, 6.07) is 5.27. The maximum absolute atomic E-state index is 10.8. The number of benzene rings is 1. The summed E-state index contributed by atoms with van der Waals surface area (Å²) in [5.41, 5.74) is 8.66. The maximum atomic E-state index is 10.8. The number of anilines is 1. The Balaban J connectivity index is 0.000000238. The topological polar surface area (TPSA) is 113 Å². The predicted molar refractivity (Wildman–Crippen MR) is 92.3 cm³/mol. The number of nitrogen functional groups attached to an aromatic ring is 2. The molecule has 0 saturated heterocycles. The lowest BCUT2D eigenvalue weighted by atomic mass is 10.1. The molecular weight excluding hydrogens is 382 g/mol. The van der Waals surface area contributed by atoms with Crippen LogP contribution >= 0.6 is 15.9 Å². The monoisotopic (exact) mass is 401 g/mol. The molecule has 0 amide bonds. The number of nitrogens with zero attached hydrogens (tertiary/aromatic N) is 1. The van der Waals surface area contributed by atoms with Gasteiger partial charge in [-0.25, -0.2) is 8.42 Å². The van der Waals surface area contributed by atoms with Crippen molar-refractivity contribution in [3.63, 3.8) is 0 Å². The van der Waals surface area contributed by atoms with Gasteiger partial charge < -0.3 is 4.55 Å². The second-order valence-electron chi connectivity index (χ2n) is 5.29. The van der Waals surface area contributed by atoms with Gasteiger partial charge in [-0.2, -0.15) is 0 Å². The standard InChI is InChI=1S/C9H12O3S.C6H8BrN3/c1-6-4-7(2)9(8(3)5-6)13(10,11)12;1-4-2-3-10(9)6(8)5(4)7/h4-5H,1-3H3,(H,10,11,12);2-3,8H,9H2,1H3. The molecule has 0 fully saturated rings. The van der Waals surface area contributed by atoms with E-state index < -0.39 is 10.1 Å². The number of aromatic nitrogens is 1. The minimum absolute atomic E-state index is 0.0851. The average Bonchev–Trinajstić information content (AvgIpc) is 2.39. The second-order valence-corrected chi connectivity index (χ2v) is 7.40. The summed E-state index contributed by atoms with van der Waals surface area (Å²) in [7, 11) is -4.33. The highest BCUT2D eigenvalue weighted by atomic mass is 79.9. The Kier molecular flexibility index (Phi) is 6.15. The van der Waals surface area contributed by atoms with E-state index in [4.69, 9.17) is 11.6 Å². The lowest BCUT2D eigenvalue weighted by molar-refractivity contribution is -0.624. The van der Waals surface area contributed by atoms with Crippen LogP contribution in [0.2, 0.25) is 0 Å². The predicted octanol–water partition coefficient (Wildman–Crippen LogP) is 1.86. The normalized spacial score (nSPS) is 10.9. The van der Waals surface area contributed by atoms with E-state index in [0.29, 0.717) is 16.9 Å². The number of hydrogen-bond acceptors (Lipinski definition) is 5. The average molecular weight is 402 g/mol. The highest BCUT2D eigenvalue weighted by Crippen LogP contribution is 2.21. The van der Waals surface area contributed by atoms with Crippen molar-refractivity contribution in [1.29, 1.82) is 0 Å². The number of aryl methyl sites for hydroxylation is 4. The van der Waals surface area contributed by atoms with Crippen LogP contribution in [0.25, 0.3) is 0 Å². The van der Waals surface area contributed by atoms with Crippen LogP contribution in [0.4, 0.5) is 5.82 Å². The molecule has 2 rings (SSSR count). The SMILES string of the molecule is Cc1cc(C)c(S(=O)(=O)[O-])c(C)c1.Cc1cc[n+](N)c(N)c1Br. The number of rotatable bonds is 1. The first-order chi connectivity index (χ1) is 10.4. The number of hydrogen-bond donors (Lipinski definition) is 2. The van der Waals surface area contributed by atoms with Gasteiger partial charge >= 0.3 is 5.82 Å². The third-order valence-electron chi connectivity index (χ3n) is 3.19. The largest absolute Gasteiger partial charge is 0.744 e. The highest BCUT2D eigenvalue weighted by molar-refractivity contribution is 9.10. The first kappa shape index (κ1) is 19.4. The molecule has 23 heavy (non-hydrogen) atoms. The maximum Gasteiger partial charge on any atom is 0.310 e. The minimum Gasteiger partial charge on any atom is -0.744 e. The van der Waals surface area contributed by atoms with Gasteiger partial charge in [0.25, 0.3) is 0 Å². The molecular formula is C15H20BrN3O3S. The molecule has 1 heterocycles. The van der Waals surface area contributed by atoms with Gasteiger partial charge in [-0.15, -0.1) is 4.68 Å². The molecule has 1 aromatic heterocycles. The Hall–Kier alpha value is -1.64. The van der Waals surface area contributed by atoms with E-state index in [-0.39, 0.29) is 4.90 Å². The molecule has 2 aromatic rings. The van der Waals surface area contributed by atoms with Crippen molar-refractivity contribution in [1.82, 2.24) is 0 Å². The van der Waals surface area contributed by atoms with Crippen LogP contribution < -0.4 is 16.3 Å². The highest BCUT2D eigenvalue weighted by Gasteiger charge is 2.09. The molecule has 4 N–H and O–H groups in total. The molecule has 6 nitrogen and oxygen atoms in total. The van der Waals surface area contributed by atoms with E-state index in [1.807, 2.05) is 19.9 Å². The zero-order valence-electron chi connectivity index (χ0n) is 13.4. The Labute approximate surface area is 145 Å². The summed E-state index contributed by atoms with van der Waals surface area (Å²) >= 11 is 3.30. The molecule has 0 aliphatic rings. The second kappa shape index (κ2) is 7.29. The van der Waals surface area contributed by atoms with Crippen LogP contribution in [0.1, 0.15) is 22.3 Å². The third kappa shape index (κ3) is 4.92. The van der Waals surface area contributed by atoms with E-state index in [1.165, 1.54) is 4.68 Å². The summed E-state index contributed by atoms with van der Waals surface area (Å²) in [4.78, 5) is -0.0851. The van der Waals surface area contributed by atoms with Crippen molar-refractivity contribution in [2.75, 3.05) is 11.6 Å². The molecule has 0 aliphatic heterocycles. The Bertz CT molecular complexity index is 786. The van der Waals surface area contributed by atoms with Gasteiger partial charge in [-0.1, -0.05) is 17.7 Å². The number of pyridine rings is 1. The van der Waals surface area contributed by atoms with E-state index in [9.17, 15) is 13.0 Å². The van der Waals surface area contributed by atoms with E-state index in [2.05, 4.69) is 15.9 Å². The fourth-order valence-electron chi connectivity index (χ4n) is 2.22. The lowest BCUT2D eigenvalue weighted by Gasteiger charge is -2.14. The van der Waals surface area contributed by atoms with Crippen LogP contribution in [-0.4, -0.2) is 13.0 Å². The Morgan fingerprint density at radius 3 is 1.96 bits per heavy atom. The first-order valence-corrected chi connectivity index (χ1v) is 8.90. The molecule has 0 atom stereocenters. The molecule has 0 unspecified atom stereocenters. The van der Waals surface area contributed by atoms with Crippen LogP contribution in [0.15, 0.2) is 33.8 Å². The van der Waals surface area contributed by atoms with Crippen molar-refractivity contribution < 1.29 is 17.6 Å². The van der Waals surface area contributed by atoms with E-state index in [0.717, 1.165) is 15.6 Å². The van der Waals surface area contributed by atoms with Gasteiger partial charge in [-0.3, -0.25) is 11.6 Å². The minimum atomic E-state index is -4.33. The van der Waals surface area contributed by atoms with Gasteiger partial charge in [0.1, 0.15) is 20.8 Å². The van der Waals surface area contributed by atoms with Gasteiger partial charge in [-0.05, 0) is 66.4 Å². The Morgan fingerprint density at radius 2 is 1.57 bits per heavy atom. The quantitative estimate of drug-likeness (QED) is 0.430. The van der Waals surface area contributed by atoms with Gasteiger partial charge in [0, 0.05) is 0 Å². The third-order valence-corrected chi connectivity index (χ3v) is 5.36. The van der Waals surface area contributed by atoms with Gasteiger partial charge in [0.2, 0.25) is 0 Å². The summed E-state index contributed by atoms with van der Waals surface area (Å²) in [5, 5.41) is 0. The smallest absolute Gasteiger partial charge is 0.310 e. The molecule has 126 valence electrons. The van der Waals surface area contributed by atoms with E-state index in [1.54, 1.807) is 32.2 Å². The van der Waals surface area contributed by atoms with Crippen LogP contribution in [0.5, 0.6) is 0 Å². The molecule has 0 radical (unpaired) electrons. The van der Waals surface area contributed by atoms with Crippen LogP contribution in [-0.2, 0) is 10.1 Å². The Morgan fingerprint density at radius 1 is 1.09 bits per heavy atom. The summed E-state index contributed by atoms with van der Waals surface area (Å²) < 4.78 is 34.7. The molecule has 0 aliphatic carbocycles. The molecule has 0 bridgehead atoms. The number of halogens is 1. The van der Waals surface area contributed by atoms with Crippen molar-refractivity contribution in [3.05, 3.63) is 51.1 Å². The van der Waals surface area contributed by atoms with Crippen LogP contribution in [0, 0.1) is 27.7 Å². The molecule has 1 aromatic carbocycles. The lowest BCUT2D eigenvalue weighted by Crippen LogP contribution is -2.46. The van der Waals surface area contributed by atoms with Crippen molar-refractivity contribution in [3.8, 4) is 0 Å². The summed E-state index contributed by atoms with van der Waals surface area (Å²) in [5.74, 6) is 5.99. The first-order valence-electron chi connectivity index (χ1n) is 6.70. The summed E-state index contributed by atoms with van der Waals surface area (Å²) in [6.45, 7) is 7.08. The van der Waals surface area contributed by atoms with Crippen molar-refractivity contribution in [2.45, 2.75) is 32.6 Å². The van der Waals surface area contributed by atoms with Crippen molar-refractivity contribution in [2.24, 2.45) is 0 Å². The van der Waals surface area contributed by atoms with Gasteiger partial charge in [0.05, 0.1) is 4.90 Å². The van der Waals surface area contributed by atoms with Gasteiger partial charge in [0.15, 0.2) is 0 Å².